The van der Waals surface area contributed by atoms with E-state index in [0.29, 0.717) is 22.6 Å². The van der Waals surface area contributed by atoms with Gasteiger partial charge in [-0.2, -0.15) is 10.4 Å². The van der Waals surface area contributed by atoms with Crippen molar-refractivity contribution in [2.75, 3.05) is 16.9 Å². The smallest absolute Gasteiger partial charge is 0.151 e. The first-order valence-electron chi connectivity index (χ1n) is 9.77. The third-order valence-electron chi connectivity index (χ3n) is 4.94. The van der Waals surface area contributed by atoms with E-state index < -0.39 is 15.9 Å². The summed E-state index contributed by atoms with van der Waals surface area (Å²) in [6.07, 6.45) is 4.11. The van der Waals surface area contributed by atoms with Crippen LogP contribution in [0.4, 0.5) is 17.2 Å². The van der Waals surface area contributed by atoms with Crippen molar-refractivity contribution in [2.24, 2.45) is 0 Å². The molecule has 0 bridgehead atoms. The normalized spacial score (nSPS) is 12.3. The summed E-state index contributed by atoms with van der Waals surface area (Å²) >= 11 is 0. The number of aryl methyl sites for hydroxylation is 1. The summed E-state index contributed by atoms with van der Waals surface area (Å²) in [5.74, 6) is 0.265. The Bertz CT molecular complexity index is 1410. The van der Waals surface area contributed by atoms with Crippen molar-refractivity contribution < 1.29 is 8.42 Å². The minimum Gasteiger partial charge on any atom is -0.355 e. The second kappa shape index (κ2) is 8.64. The molecule has 1 atom stereocenters. The lowest BCUT2D eigenvalue weighted by molar-refractivity contribution is 0.601. The largest absolute Gasteiger partial charge is 0.355 e. The number of benzene rings is 2. The van der Waals surface area contributed by atoms with E-state index in [1.165, 1.54) is 12.6 Å². The second-order valence-electron chi connectivity index (χ2n) is 7.44. The van der Waals surface area contributed by atoms with Gasteiger partial charge in [0.1, 0.15) is 18.2 Å². The standard InChI is InChI=1S/C22H21N7O2S/c1-14-17-7-6-16(10-19(17)29-28-14)26-18-5-3-4-15(12-32(2,30)31)22(18)20(11-23)27-21-8-9-24-13-25-21/h3-10,13,20,26H,12H2,1-2H3,(H,28,29)(H,24,25,27). The van der Waals surface area contributed by atoms with Gasteiger partial charge in [0, 0.05) is 34.8 Å². The summed E-state index contributed by atoms with van der Waals surface area (Å²) in [4.78, 5) is 8.01. The maximum absolute atomic E-state index is 12.1. The van der Waals surface area contributed by atoms with Gasteiger partial charge < -0.3 is 10.6 Å². The van der Waals surface area contributed by atoms with E-state index in [2.05, 4.69) is 36.9 Å². The van der Waals surface area contributed by atoms with Crippen LogP contribution in [-0.2, 0) is 15.6 Å². The maximum Gasteiger partial charge on any atom is 0.151 e. The Labute approximate surface area is 185 Å². The van der Waals surface area contributed by atoms with Crippen molar-refractivity contribution >= 4 is 37.9 Å². The number of anilines is 3. The minimum absolute atomic E-state index is 0.194. The fraction of sp³-hybridized carbons (Fsp3) is 0.182. The molecule has 1 unspecified atom stereocenters. The number of H-pyrrole nitrogens is 1. The van der Waals surface area contributed by atoms with E-state index in [0.717, 1.165) is 22.3 Å². The highest BCUT2D eigenvalue weighted by atomic mass is 32.2. The third-order valence-corrected chi connectivity index (χ3v) is 5.77. The number of nitrogens with one attached hydrogen (secondary N) is 3. The molecule has 4 aromatic rings. The maximum atomic E-state index is 12.1. The summed E-state index contributed by atoms with van der Waals surface area (Å²) in [5, 5.41) is 24.6. The van der Waals surface area contributed by atoms with Crippen LogP contribution in [0.3, 0.4) is 0 Å². The number of sulfone groups is 1. The highest BCUT2D eigenvalue weighted by Crippen LogP contribution is 2.33. The molecule has 9 nitrogen and oxygen atoms in total. The molecule has 2 aromatic carbocycles. The van der Waals surface area contributed by atoms with Gasteiger partial charge in [-0.3, -0.25) is 5.10 Å². The molecular formula is C22H21N7O2S. The Morgan fingerprint density at radius 3 is 2.78 bits per heavy atom. The molecule has 0 aliphatic heterocycles. The van der Waals surface area contributed by atoms with Gasteiger partial charge in [-0.1, -0.05) is 12.1 Å². The first kappa shape index (κ1) is 21.3. The van der Waals surface area contributed by atoms with Crippen molar-refractivity contribution in [3.8, 4) is 6.07 Å². The Morgan fingerprint density at radius 2 is 2.06 bits per heavy atom. The predicted molar refractivity (Wildman–Crippen MR) is 123 cm³/mol. The second-order valence-corrected chi connectivity index (χ2v) is 9.58. The highest BCUT2D eigenvalue weighted by Gasteiger charge is 2.22. The molecule has 0 saturated heterocycles. The first-order chi connectivity index (χ1) is 15.3. The van der Waals surface area contributed by atoms with Gasteiger partial charge in [-0.25, -0.2) is 18.4 Å². The summed E-state index contributed by atoms with van der Waals surface area (Å²) in [5.41, 5.74) is 4.25. The van der Waals surface area contributed by atoms with Gasteiger partial charge in [0.25, 0.3) is 0 Å². The number of hydrogen-bond donors (Lipinski definition) is 3. The molecule has 0 aliphatic rings. The zero-order valence-electron chi connectivity index (χ0n) is 17.5. The zero-order valence-corrected chi connectivity index (χ0v) is 18.3. The molecule has 2 aromatic heterocycles. The molecule has 2 heterocycles. The molecule has 0 aliphatic carbocycles. The fourth-order valence-corrected chi connectivity index (χ4v) is 4.37. The number of aromatic amines is 1. The Hall–Kier alpha value is -3.97. The van der Waals surface area contributed by atoms with Gasteiger partial charge in [-0.15, -0.1) is 0 Å². The molecule has 0 radical (unpaired) electrons. The number of hydrogen-bond acceptors (Lipinski definition) is 8. The van der Waals surface area contributed by atoms with Crippen molar-refractivity contribution in [2.45, 2.75) is 18.7 Å². The Kier molecular flexibility index (Phi) is 5.75. The molecule has 0 saturated carbocycles. The average molecular weight is 448 g/mol. The van der Waals surface area contributed by atoms with E-state index >= 15 is 0 Å². The summed E-state index contributed by atoms with van der Waals surface area (Å²) < 4.78 is 24.2. The number of nitriles is 1. The van der Waals surface area contributed by atoms with Crippen molar-refractivity contribution in [3.05, 3.63) is 71.8 Å². The van der Waals surface area contributed by atoms with Gasteiger partial charge >= 0.3 is 0 Å². The van der Waals surface area contributed by atoms with Crippen LogP contribution in [-0.4, -0.2) is 34.8 Å². The molecule has 0 fully saturated rings. The summed E-state index contributed by atoms with van der Waals surface area (Å²) in [6, 6.07) is 14.1. The molecule has 10 heteroatoms. The molecule has 3 N–H and O–H groups in total. The van der Waals surface area contributed by atoms with Crippen LogP contribution in [0.5, 0.6) is 0 Å². The first-order valence-corrected chi connectivity index (χ1v) is 11.8. The van der Waals surface area contributed by atoms with Crippen LogP contribution < -0.4 is 10.6 Å². The molecule has 32 heavy (non-hydrogen) atoms. The van der Waals surface area contributed by atoms with Crippen LogP contribution in [0.1, 0.15) is 22.9 Å². The number of aromatic nitrogens is 4. The van der Waals surface area contributed by atoms with Crippen LogP contribution in [0, 0.1) is 18.3 Å². The minimum atomic E-state index is -3.33. The Balaban J connectivity index is 1.78. The SMILES string of the molecule is Cc1n[nH]c2cc(Nc3cccc(CS(C)(=O)=O)c3C(C#N)Nc3ccncn3)ccc12. The number of nitrogens with zero attached hydrogens (tertiary/aromatic N) is 4. The quantitative estimate of drug-likeness (QED) is 0.391. The number of fused-ring (bicyclic) bond motifs is 1. The number of rotatable bonds is 7. The van der Waals surface area contributed by atoms with Gasteiger partial charge in [-0.05, 0) is 42.8 Å². The van der Waals surface area contributed by atoms with Crippen molar-refractivity contribution in [1.82, 2.24) is 20.2 Å². The highest BCUT2D eigenvalue weighted by molar-refractivity contribution is 7.89. The summed E-state index contributed by atoms with van der Waals surface area (Å²) in [7, 11) is -3.33. The zero-order chi connectivity index (χ0) is 22.7. The van der Waals surface area contributed by atoms with E-state index in [-0.39, 0.29) is 5.75 Å². The van der Waals surface area contributed by atoms with Crippen LogP contribution in [0.2, 0.25) is 0 Å². The van der Waals surface area contributed by atoms with Gasteiger partial charge in [0.15, 0.2) is 9.84 Å². The lowest BCUT2D eigenvalue weighted by Gasteiger charge is -2.21. The molecule has 0 spiro atoms. The summed E-state index contributed by atoms with van der Waals surface area (Å²) in [6.45, 7) is 1.93. The fourth-order valence-electron chi connectivity index (χ4n) is 3.55. The van der Waals surface area contributed by atoms with Gasteiger partial charge in [0.2, 0.25) is 0 Å². The average Bonchev–Trinajstić information content (AvgIpc) is 3.12. The molecular weight excluding hydrogens is 426 g/mol. The topological polar surface area (TPSA) is 136 Å². The lowest BCUT2D eigenvalue weighted by atomic mass is 9.99. The molecule has 4 rings (SSSR count). The van der Waals surface area contributed by atoms with E-state index in [9.17, 15) is 13.7 Å². The van der Waals surface area contributed by atoms with Crippen LogP contribution in [0.25, 0.3) is 10.9 Å². The van der Waals surface area contributed by atoms with E-state index in [1.54, 1.807) is 24.4 Å². The predicted octanol–water partition coefficient (Wildman–Crippen LogP) is 3.63. The Morgan fingerprint density at radius 1 is 1.22 bits per heavy atom. The van der Waals surface area contributed by atoms with Crippen molar-refractivity contribution in [3.63, 3.8) is 0 Å². The third kappa shape index (κ3) is 4.68. The molecule has 0 amide bonds. The monoisotopic (exact) mass is 447 g/mol. The van der Waals surface area contributed by atoms with E-state index in [1.807, 2.05) is 31.2 Å². The lowest BCUT2D eigenvalue weighted by Crippen LogP contribution is -2.16. The van der Waals surface area contributed by atoms with Crippen LogP contribution in [0.15, 0.2) is 55.0 Å². The molecule has 162 valence electrons. The van der Waals surface area contributed by atoms with Crippen molar-refractivity contribution in [1.29, 1.82) is 5.26 Å². The van der Waals surface area contributed by atoms with Crippen LogP contribution >= 0.6 is 0 Å². The van der Waals surface area contributed by atoms with Gasteiger partial charge in [0.05, 0.1) is 23.0 Å². The van der Waals surface area contributed by atoms with E-state index in [4.69, 9.17) is 0 Å².